The summed E-state index contributed by atoms with van der Waals surface area (Å²) in [5.41, 5.74) is 0.174. The Labute approximate surface area is 123 Å². The SMILES string of the molecule is CC(=O)N1CCCN(S(=O)(=O)c2ccc(C#N)nc2)CC1. The second-order valence-electron chi connectivity index (χ2n) is 4.75. The fourth-order valence-corrected chi connectivity index (χ4v) is 3.61. The third-order valence-corrected chi connectivity index (χ3v) is 5.27. The van der Waals surface area contributed by atoms with Crippen molar-refractivity contribution in [2.24, 2.45) is 0 Å². The predicted molar refractivity (Wildman–Crippen MR) is 74.6 cm³/mol. The van der Waals surface area contributed by atoms with Gasteiger partial charge < -0.3 is 4.90 Å². The second-order valence-corrected chi connectivity index (χ2v) is 6.69. The second kappa shape index (κ2) is 6.20. The zero-order chi connectivity index (χ0) is 15.5. The summed E-state index contributed by atoms with van der Waals surface area (Å²) in [6, 6.07) is 4.61. The van der Waals surface area contributed by atoms with Crippen LogP contribution in [0, 0.1) is 11.3 Å². The van der Waals surface area contributed by atoms with E-state index in [1.54, 1.807) is 4.90 Å². The lowest BCUT2D eigenvalue weighted by molar-refractivity contribution is -0.128. The highest BCUT2D eigenvalue weighted by Crippen LogP contribution is 2.17. The number of carbonyl (C=O) groups excluding carboxylic acids is 1. The molecule has 0 N–H and O–H groups in total. The molecule has 1 aliphatic rings. The van der Waals surface area contributed by atoms with E-state index in [4.69, 9.17) is 5.26 Å². The zero-order valence-electron chi connectivity index (χ0n) is 11.7. The lowest BCUT2D eigenvalue weighted by Crippen LogP contribution is -2.36. The molecule has 1 saturated heterocycles. The number of nitriles is 1. The fraction of sp³-hybridized carbons (Fsp3) is 0.462. The van der Waals surface area contributed by atoms with Crippen LogP contribution in [-0.2, 0) is 14.8 Å². The van der Waals surface area contributed by atoms with Crippen LogP contribution in [0.5, 0.6) is 0 Å². The maximum Gasteiger partial charge on any atom is 0.244 e. The molecule has 21 heavy (non-hydrogen) atoms. The Morgan fingerprint density at radius 1 is 1.29 bits per heavy atom. The Kier molecular flexibility index (Phi) is 4.55. The highest BCUT2D eigenvalue weighted by atomic mass is 32.2. The Bertz CT molecular complexity index is 664. The topological polar surface area (TPSA) is 94.4 Å². The predicted octanol–water partition coefficient (Wildman–Crippen LogP) is 0.196. The van der Waals surface area contributed by atoms with Crippen molar-refractivity contribution in [2.45, 2.75) is 18.2 Å². The van der Waals surface area contributed by atoms with Crippen LogP contribution in [0.3, 0.4) is 0 Å². The van der Waals surface area contributed by atoms with E-state index in [1.807, 2.05) is 6.07 Å². The van der Waals surface area contributed by atoms with Gasteiger partial charge >= 0.3 is 0 Å². The van der Waals surface area contributed by atoms with Crippen LogP contribution in [0.2, 0.25) is 0 Å². The van der Waals surface area contributed by atoms with Crippen LogP contribution in [0.4, 0.5) is 0 Å². The summed E-state index contributed by atoms with van der Waals surface area (Å²) in [5, 5.41) is 8.69. The number of amides is 1. The van der Waals surface area contributed by atoms with E-state index in [0.717, 1.165) is 0 Å². The number of aromatic nitrogens is 1. The first-order valence-corrected chi connectivity index (χ1v) is 8.01. The first-order valence-electron chi connectivity index (χ1n) is 6.57. The van der Waals surface area contributed by atoms with Gasteiger partial charge in [0.05, 0.1) is 0 Å². The van der Waals surface area contributed by atoms with E-state index < -0.39 is 10.0 Å². The molecule has 0 spiro atoms. The molecular formula is C13H16N4O3S. The zero-order valence-corrected chi connectivity index (χ0v) is 12.5. The lowest BCUT2D eigenvalue weighted by Gasteiger charge is -2.20. The van der Waals surface area contributed by atoms with Gasteiger partial charge in [-0.2, -0.15) is 9.57 Å². The summed E-state index contributed by atoms with van der Waals surface area (Å²) >= 11 is 0. The summed E-state index contributed by atoms with van der Waals surface area (Å²) in [6.07, 6.45) is 1.80. The molecule has 2 heterocycles. The maximum absolute atomic E-state index is 12.5. The van der Waals surface area contributed by atoms with Gasteiger partial charge in [-0.25, -0.2) is 13.4 Å². The van der Waals surface area contributed by atoms with Gasteiger partial charge in [-0.05, 0) is 18.6 Å². The molecule has 0 atom stereocenters. The summed E-state index contributed by atoms with van der Waals surface area (Å²) < 4.78 is 26.4. The molecule has 0 aromatic carbocycles. The molecule has 1 aromatic rings. The van der Waals surface area contributed by atoms with Gasteiger partial charge in [0.1, 0.15) is 16.7 Å². The number of pyridine rings is 1. The lowest BCUT2D eigenvalue weighted by atomic mass is 10.4. The quantitative estimate of drug-likeness (QED) is 0.777. The third kappa shape index (κ3) is 3.37. The van der Waals surface area contributed by atoms with Crippen LogP contribution in [0.25, 0.3) is 0 Å². The van der Waals surface area contributed by atoms with Gasteiger partial charge in [-0.1, -0.05) is 0 Å². The van der Waals surface area contributed by atoms with Crippen molar-refractivity contribution < 1.29 is 13.2 Å². The Morgan fingerprint density at radius 3 is 2.62 bits per heavy atom. The normalized spacial score (nSPS) is 17.0. The third-order valence-electron chi connectivity index (χ3n) is 3.39. The number of hydrogen-bond acceptors (Lipinski definition) is 5. The average Bonchev–Trinajstić information content (AvgIpc) is 2.73. The minimum atomic E-state index is -3.64. The number of hydrogen-bond donors (Lipinski definition) is 0. The Hall–Kier alpha value is -1.98. The minimum Gasteiger partial charge on any atom is -0.342 e. The molecule has 1 aliphatic heterocycles. The van der Waals surface area contributed by atoms with Crippen molar-refractivity contribution in [3.63, 3.8) is 0 Å². The van der Waals surface area contributed by atoms with Crippen molar-refractivity contribution in [1.82, 2.24) is 14.2 Å². The molecule has 1 aromatic heterocycles. The maximum atomic E-state index is 12.5. The van der Waals surface area contributed by atoms with Gasteiger partial charge in [0.15, 0.2) is 0 Å². The first-order chi connectivity index (χ1) is 9.95. The molecule has 0 bridgehead atoms. The van der Waals surface area contributed by atoms with Crippen molar-refractivity contribution in [3.05, 3.63) is 24.0 Å². The smallest absolute Gasteiger partial charge is 0.244 e. The molecule has 0 aliphatic carbocycles. The van der Waals surface area contributed by atoms with Gasteiger partial charge in [0.2, 0.25) is 15.9 Å². The van der Waals surface area contributed by atoms with E-state index in [9.17, 15) is 13.2 Å². The van der Waals surface area contributed by atoms with E-state index in [1.165, 1.54) is 29.6 Å². The molecule has 112 valence electrons. The minimum absolute atomic E-state index is 0.0470. The summed E-state index contributed by atoms with van der Waals surface area (Å²) in [4.78, 5) is 16.9. The largest absolute Gasteiger partial charge is 0.342 e. The summed E-state index contributed by atoms with van der Waals surface area (Å²) in [7, 11) is -3.64. The van der Waals surface area contributed by atoms with Gasteiger partial charge in [0.25, 0.3) is 0 Å². The standard InChI is InChI=1S/C13H16N4O3S/c1-11(18)16-5-2-6-17(8-7-16)21(19,20)13-4-3-12(9-14)15-10-13/h3-4,10H,2,5-8H2,1H3. The van der Waals surface area contributed by atoms with E-state index in [-0.39, 0.29) is 23.0 Å². The van der Waals surface area contributed by atoms with Crippen LogP contribution < -0.4 is 0 Å². The Balaban J connectivity index is 2.19. The highest BCUT2D eigenvalue weighted by molar-refractivity contribution is 7.89. The molecule has 8 heteroatoms. The first kappa shape index (κ1) is 15.4. The van der Waals surface area contributed by atoms with E-state index in [0.29, 0.717) is 26.1 Å². The highest BCUT2D eigenvalue weighted by Gasteiger charge is 2.27. The van der Waals surface area contributed by atoms with Crippen LogP contribution in [0.15, 0.2) is 23.2 Å². The van der Waals surface area contributed by atoms with Gasteiger partial charge in [-0.3, -0.25) is 4.79 Å². The molecule has 7 nitrogen and oxygen atoms in total. The number of nitrogens with zero attached hydrogens (tertiary/aromatic N) is 4. The average molecular weight is 308 g/mol. The Morgan fingerprint density at radius 2 is 2.05 bits per heavy atom. The van der Waals surface area contributed by atoms with Crippen molar-refractivity contribution in [1.29, 1.82) is 5.26 Å². The molecule has 1 fully saturated rings. The number of sulfonamides is 1. The molecule has 0 saturated carbocycles. The van der Waals surface area contributed by atoms with E-state index in [2.05, 4.69) is 4.98 Å². The summed E-state index contributed by atoms with van der Waals surface area (Å²) in [5.74, 6) is -0.0470. The van der Waals surface area contributed by atoms with Crippen LogP contribution >= 0.6 is 0 Å². The van der Waals surface area contributed by atoms with Gasteiger partial charge in [0, 0.05) is 39.3 Å². The monoisotopic (exact) mass is 308 g/mol. The van der Waals surface area contributed by atoms with E-state index >= 15 is 0 Å². The number of rotatable bonds is 2. The molecular weight excluding hydrogens is 292 g/mol. The molecule has 0 unspecified atom stereocenters. The molecule has 0 radical (unpaired) electrons. The molecule has 1 amide bonds. The fourth-order valence-electron chi connectivity index (χ4n) is 2.20. The van der Waals surface area contributed by atoms with Crippen molar-refractivity contribution in [2.75, 3.05) is 26.2 Å². The molecule has 2 rings (SSSR count). The van der Waals surface area contributed by atoms with Gasteiger partial charge in [-0.15, -0.1) is 0 Å². The summed E-state index contributed by atoms with van der Waals surface area (Å²) in [6.45, 7) is 3.06. The van der Waals surface area contributed by atoms with Crippen molar-refractivity contribution >= 4 is 15.9 Å². The van der Waals surface area contributed by atoms with Crippen LogP contribution in [-0.4, -0.2) is 54.7 Å². The number of carbonyl (C=O) groups is 1. The van der Waals surface area contributed by atoms with Crippen molar-refractivity contribution in [3.8, 4) is 6.07 Å². The van der Waals surface area contributed by atoms with Crippen LogP contribution in [0.1, 0.15) is 19.0 Å².